The van der Waals surface area contributed by atoms with E-state index in [-0.39, 0.29) is 12.2 Å². The van der Waals surface area contributed by atoms with E-state index in [0.29, 0.717) is 0 Å². The number of aromatic nitrogens is 3. The van der Waals surface area contributed by atoms with Crippen molar-refractivity contribution in [3.8, 4) is 0 Å². The predicted octanol–water partition coefficient (Wildman–Crippen LogP) is 4.58. The average Bonchev–Trinajstić information content (AvgIpc) is 3.29. The van der Waals surface area contributed by atoms with Crippen LogP contribution in [0.1, 0.15) is 35.5 Å². The molecule has 1 aliphatic rings. The maximum Gasteiger partial charge on any atom is 0.182 e. The summed E-state index contributed by atoms with van der Waals surface area (Å²) in [5.74, 6) is 0.736. The summed E-state index contributed by atoms with van der Waals surface area (Å²) in [4.78, 5) is 4.60. The van der Waals surface area contributed by atoms with Gasteiger partial charge in [-0.1, -0.05) is 91.0 Å². The summed E-state index contributed by atoms with van der Waals surface area (Å²) in [6.07, 6.45) is 1.99. The molecule has 0 radical (unpaired) electrons. The molecule has 0 amide bonds. The van der Waals surface area contributed by atoms with Crippen LogP contribution in [0.15, 0.2) is 97.3 Å². The Morgan fingerprint density at radius 2 is 1.18 bits per heavy atom. The fourth-order valence-corrected chi connectivity index (χ4v) is 3.96. The highest BCUT2D eigenvalue weighted by Gasteiger charge is 2.43. The molecule has 2 unspecified atom stereocenters. The first-order chi connectivity index (χ1) is 13.8. The van der Waals surface area contributed by atoms with Gasteiger partial charge in [-0.15, -0.1) is 0 Å². The third kappa shape index (κ3) is 2.65. The van der Waals surface area contributed by atoms with E-state index in [1.807, 2.05) is 36.1 Å². The van der Waals surface area contributed by atoms with Gasteiger partial charge in [-0.3, -0.25) is 0 Å². The van der Waals surface area contributed by atoms with Gasteiger partial charge >= 0.3 is 0 Å². The number of ether oxygens (including phenoxy) is 1. The first-order valence-electron chi connectivity index (χ1n) is 9.54. The Kier molecular flexibility index (Phi) is 4.06. The second-order valence-electron chi connectivity index (χ2n) is 7.12. The van der Waals surface area contributed by atoms with Crippen molar-refractivity contribution in [3.05, 3.63) is 120 Å². The van der Waals surface area contributed by atoms with Crippen LogP contribution in [0.5, 0.6) is 0 Å². The first kappa shape index (κ1) is 16.9. The highest BCUT2D eigenvalue weighted by molar-refractivity contribution is 5.50. The monoisotopic (exact) mass is 367 g/mol. The molecule has 0 saturated carbocycles. The molecule has 2 atom stereocenters. The standard InChI is InChI=1S/C24H21N3O/c1-18-22(28-18)23-25-17-27(26-23)24(19-11-5-2-6-12-19,20-13-7-3-8-14-20)21-15-9-4-10-16-21/h2-18,22H,1H3. The zero-order valence-corrected chi connectivity index (χ0v) is 15.6. The predicted molar refractivity (Wildman–Crippen MR) is 108 cm³/mol. The number of rotatable bonds is 5. The molecule has 3 aromatic carbocycles. The van der Waals surface area contributed by atoms with Crippen molar-refractivity contribution in [2.45, 2.75) is 24.7 Å². The molecule has 0 aliphatic carbocycles. The molecule has 138 valence electrons. The molecule has 2 heterocycles. The molecule has 0 N–H and O–H groups in total. The Balaban J connectivity index is 1.81. The number of nitrogens with zero attached hydrogens (tertiary/aromatic N) is 3. The van der Waals surface area contributed by atoms with Gasteiger partial charge in [0, 0.05) is 0 Å². The molecule has 4 nitrogen and oxygen atoms in total. The van der Waals surface area contributed by atoms with Gasteiger partial charge in [-0.2, -0.15) is 5.10 Å². The second-order valence-corrected chi connectivity index (χ2v) is 7.12. The van der Waals surface area contributed by atoms with Crippen LogP contribution < -0.4 is 0 Å². The van der Waals surface area contributed by atoms with Gasteiger partial charge in [-0.05, 0) is 23.6 Å². The molecule has 1 aliphatic heterocycles. The zero-order chi connectivity index (χ0) is 19.0. The van der Waals surface area contributed by atoms with E-state index < -0.39 is 5.54 Å². The van der Waals surface area contributed by atoms with Crippen LogP contribution in [0.25, 0.3) is 0 Å². The Labute approximate surface area is 164 Å². The van der Waals surface area contributed by atoms with Crippen LogP contribution in [-0.2, 0) is 10.3 Å². The topological polar surface area (TPSA) is 43.2 Å². The molecular weight excluding hydrogens is 346 g/mol. The molecule has 0 bridgehead atoms. The summed E-state index contributed by atoms with van der Waals surface area (Å²) in [6.45, 7) is 2.05. The van der Waals surface area contributed by atoms with Crippen molar-refractivity contribution in [3.63, 3.8) is 0 Å². The van der Waals surface area contributed by atoms with Crippen molar-refractivity contribution in [1.82, 2.24) is 14.8 Å². The van der Waals surface area contributed by atoms with E-state index >= 15 is 0 Å². The van der Waals surface area contributed by atoms with Crippen LogP contribution >= 0.6 is 0 Å². The first-order valence-corrected chi connectivity index (χ1v) is 9.54. The molecule has 1 aromatic heterocycles. The largest absolute Gasteiger partial charge is 0.361 e. The van der Waals surface area contributed by atoms with Crippen molar-refractivity contribution < 1.29 is 4.74 Å². The number of hydrogen-bond acceptors (Lipinski definition) is 3. The Bertz CT molecular complexity index is 964. The van der Waals surface area contributed by atoms with Gasteiger partial charge < -0.3 is 4.74 Å². The number of epoxide rings is 1. The average molecular weight is 367 g/mol. The Morgan fingerprint density at radius 3 is 1.57 bits per heavy atom. The summed E-state index contributed by atoms with van der Waals surface area (Å²) < 4.78 is 7.59. The van der Waals surface area contributed by atoms with Crippen LogP contribution in [0.3, 0.4) is 0 Å². The molecule has 4 heteroatoms. The lowest BCUT2D eigenvalue weighted by atomic mass is 9.77. The zero-order valence-electron chi connectivity index (χ0n) is 15.6. The molecule has 5 rings (SSSR count). The van der Waals surface area contributed by atoms with Gasteiger partial charge in [0.1, 0.15) is 18.0 Å². The fourth-order valence-electron chi connectivity index (χ4n) is 3.96. The summed E-state index contributed by atoms with van der Waals surface area (Å²) in [5.41, 5.74) is 2.78. The van der Waals surface area contributed by atoms with Crippen molar-refractivity contribution >= 4 is 0 Å². The summed E-state index contributed by atoms with van der Waals surface area (Å²) >= 11 is 0. The third-order valence-electron chi connectivity index (χ3n) is 5.39. The van der Waals surface area contributed by atoms with Crippen LogP contribution in [0.2, 0.25) is 0 Å². The second kappa shape index (κ2) is 6.73. The fraction of sp³-hybridized carbons (Fsp3) is 0.167. The van der Waals surface area contributed by atoms with E-state index in [0.717, 1.165) is 22.5 Å². The SMILES string of the molecule is CC1OC1c1ncn(C(c2ccccc2)(c2ccccc2)c2ccccc2)n1. The molecule has 4 aromatic rings. The molecule has 0 spiro atoms. The van der Waals surface area contributed by atoms with E-state index in [2.05, 4.69) is 77.8 Å². The third-order valence-corrected chi connectivity index (χ3v) is 5.39. The van der Waals surface area contributed by atoms with Gasteiger partial charge in [0.05, 0.1) is 6.10 Å². The maximum absolute atomic E-state index is 5.61. The van der Waals surface area contributed by atoms with E-state index in [9.17, 15) is 0 Å². The summed E-state index contributed by atoms with van der Waals surface area (Å²) in [6, 6.07) is 31.4. The van der Waals surface area contributed by atoms with Crippen molar-refractivity contribution in [2.24, 2.45) is 0 Å². The van der Waals surface area contributed by atoms with Crippen molar-refractivity contribution in [1.29, 1.82) is 0 Å². The molecular formula is C24H21N3O. The molecule has 1 fully saturated rings. The maximum atomic E-state index is 5.61. The smallest absolute Gasteiger partial charge is 0.182 e. The van der Waals surface area contributed by atoms with Gasteiger partial charge in [-0.25, -0.2) is 9.67 Å². The number of benzene rings is 3. The number of hydrogen-bond donors (Lipinski definition) is 0. The lowest BCUT2D eigenvalue weighted by molar-refractivity contribution is 0.373. The quantitative estimate of drug-likeness (QED) is 0.383. The highest BCUT2D eigenvalue weighted by Crippen LogP contribution is 2.41. The lowest BCUT2D eigenvalue weighted by Gasteiger charge is -2.35. The van der Waals surface area contributed by atoms with Crippen LogP contribution in [0.4, 0.5) is 0 Å². The minimum absolute atomic E-state index is 0.0127. The normalized spacial score (nSPS) is 18.8. The highest BCUT2D eigenvalue weighted by atomic mass is 16.6. The summed E-state index contributed by atoms with van der Waals surface area (Å²) in [5, 5.41) is 4.90. The minimum Gasteiger partial charge on any atom is -0.361 e. The van der Waals surface area contributed by atoms with Crippen molar-refractivity contribution in [2.75, 3.05) is 0 Å². The van der Waals surface area contributed by atoms with E-state index in [4.69, 9.17) is 9.84 Å². The van der Waals surface area contributed by atoms with Gasteiger partial charge in [0.25, 0.3) is 0 Å². The van der Waals surface area contributed by atoms with Gasteiger partial charge in [0.2, 0.25) is 0 Å². The Morgan fingerprint density at radius 1 is 0.750 bits per heavy atom. The van der Waals surface area contributed by atoms with E-state index in [1.165, 1.54) is 0 Å². The van der Waals surface area contributed by atoms with Crippen LogP contribution in [0, 0.1) is 0 Å². The lowest BCUT2D eigenvalue weighted by Crippen LogP contribution is -2.38. The molecule has 1 saturated heterocycles. The van der Waals surface area contributed by atoms with E-state index in [1.54, 1.807) is 0 Å². The van der Waals surface area contributed by atoms with Crippen LogP contribution in [-0.4, -0.2) is 20.9 Å². The Hall–Kier alpha value is -3.24. The van der Waals surface area contributed by atoms with Gasteiger partial charge in [0.15, 0.2) is 5.82 Å². The molecule has 28 heavy (non-hydrogen) atoms. The summed E-state index contributed by atoms with van der Waals surface area (Å²) in [7, 11) is 0. The minimum atomic E-state index is -0.618.